The van der Waals surface area contributed by atoms with Crippen molar-refractivity contribution in [3.05, 3.63) is 29.3 Å². The molecule has 1 saturated heterocycles. The number of hydrogen-bond acceptors (Lipinski definition) is 3. The average molecular weight is 268 g/mol. The van der Waals surface area contributed by atoms with Gasteiger partial charge in [0.1, 0.15) is 6.07 Å². The van der Waals surface area contributed by atoms with Crippen LogP contribution in [0.25, 0.3) is 0 Å². The molecule has 1 heterocycles. The molecule has 0 atom stereocenters. The summed E-state index contributed by atoms with van der Waals surface area (Å²) in [6.45, 7) is -0.209. The van der Waals surface area contributed by atoms with Gasteiger partial charge in [-0.3, -0.25) is 9.59 Å². The van der Waals surface area contributed by atoms with Crippen LogP contribution in [0.15, 0.2) is 18.2 Å². The first-order valence-corrected chi connectivity index (χ1v) is 5.26. The quantitative estimate of drug-likeness (QED) is 0.730. The highest BCUT2D eigenvalue weighted by atomic mass is 19.4. The lowest BCUT2D eigenvalue weighted by Gasteiger charge is -2.17. The molecule has 2 rings (SSSR count). The van der Waals surface area contributed by atoms with Crippen LogP contribution < -0.4 is 4.90 Å². The molecular weight excluding hydrogens is 261 g/mol. The van der Waals surface area contributed by atoms with Gasteiger partial charge in [0.15, 0.2) is 5.78 Å². The van der Waals surface area contributed by atoms with E-state index in [1.165, 1.54) is 0 Å². The van der Waals surface area contributed by atoms with Gasteiger partial charge in [-0.15, -0.1) is 0 Å². The van der Waals surface area contributed by atoms with Crippen molar-refractivity contribution in [2.24, 2.45) is 0 Å². The Bertz CT molecular complexity index is 602. The Morgan fingerprint density at radius 1 is 1.26 bits per heavy atom. The number of anilines is 1. The summed E-state index contributed by atoms with van der Waals surface area (Å²) in [5.74, 6) is -0.838. The third kappa shape index (κ3) is 2.42. The van der Waals surface area contributed by atoms with Crippen molar-refractivity contribution in [1.82, 2.24) is 0 Å². The molecule has 7 heteroatoms. The van der Waals surface area contributed by atoms with Crippen molar-refractivity contribution >= 4 is 17.4 Å². The molecule has 0 bridgehead atoms. The van der Waals surface area contributed by atoms with E-state index in [0.717, 1.165) is 17.0 Å². The van der Waals surface area contributed by atoms with Crippen LogP contribution in [0.1, 0.15) is 17.5 Å². The van der Waals surface area contributed by atoms with Gasteiger partial charge in [-0.25, -0.2) is 0 Å². The van der Waals surface area contributed by atoms with E-state index in [9.17, 15) is 22.8 Å². The van der Waals surface area contributed by atoms with E-state index in [-0.39, 0.29) is 30.0 Å². The Kier molecular flexibility index (Phi) is 3.02. The fourth-order valence-corrected chi connectivity index (χ4v) is 1.84. The zero-order valence-corrected chi connectivity index (χ0v) is 9.49. The summed E-state index contributed by atoms with van der Waals surface area (Å²) in [7, 11) is 0. The van der Waals surface area contributed by atoms with Gasteiger partial charge in [0, 0.05) is 0 Å². The SMILES string of the molecule is N#Cc1cc(C(F)(F)F)ccc1N1CC(=O)CC1=O. The summed E-state index contributed by atoms with van der Waals surface area (Å²) in [6.07, 6.45) is -4.85. The van der Waals surface area contributed by atoms with Crippen molar-refractivity contribution in [2.45, 2.75) is 12.6 Å². The number of alkyl halides is 3. The second-order valence-electron chi connectivity index (χ2n) is 4.04. The first kappa shape index (κ1) is 13.1. The monoisotopic (exact) mass is 268 g/mol. The number of rotatable bonds is 1. The number of ketones is 1. The highest BCUT2D eigenvalue weighted by Gasteiger charge is 2.34. The lowest BCUT2D eigenvalue weighted by molar-refractivity contribution is -0.137. The Morgan fingerprint density at radius 3 is 2.42 bits per heavy atom. The molecule has 0 aromatic heterocycles. The first-order chi connectivity index (χ1) is 8.82. The largest absolute Gasteiger partial charge is 0.416 e. The lowest BCUT2D eigenvalue weighted by atomic mass is 10.1. The summed E-state index contributed by atoms with van der Waals surface area (Å²) in [5, 5.41) is 8.88. The third-order valence-corrected chi connectivity index (χ3v) is 2.72. The van der Waals surface area contributed by atoms with Crippen LogP contribution in [-0.4, -0.2) is 18.2 Å². The molecule has 1 aliphatic heterocycles. The van der Waals surface area contributed by atoms with Gasteiger partial charge in [0.25, 0.3) is 0 Å². The average Bonchev–Trinajstić information content (AvgIpc) is 2.66. The number of carbonyl (C=O) groups is 2. The van der Waals surface area contributed by atoms with Crippen LogP contribution in [0.3, 0.4) is 0 Å². The third-order valence-electron chi connectivity index (χ3n) is 2.72. The zero-order valence-electron chi connectivity index (χ0n) is 9.49. The summed E-state index contributed by atoms with van der Waals surface area (Å²) in [6, 6.07) is 4.11. The van der Waals surface area contributed by atoms with Gasteiger partial charge in [-0.1, -0.05) is 0 Å². The number of halogens is 3. The van der Waals surface area contributed by atoms with E-state index in [1.807, 2.05) is 0 Å². The summed E-state index contributed by atoms with van der Waals surface area (Å²) in [4.78, 5) is 23.7. The maximum absolute atomic E-state index is 12.5. The molecule has 4 nitrogen and oxygen atoms in total. The molecule has 0 spiro atoms. The normalized spacial score (nSPS) is 15.8. The van der Waals surface area contributed by atoms with Crippen LogP contribution in [0.4, 0.5) is 18.9 Å². The fourth-order valence-electron chi connectivity index (χ4n) is 1.84. The van der Waals surface area contributed by atoms with E-state index in [0.29, 0.717) is 6.07 Å². The lowest BCUT2D eigenvalue weighted by Crippen LogP contribution is -2.25. The number of nitriles is 1. The Morgan fingerprint density at radius 2 is 1.95 bits per heavy atom. The topological polar surface area (TPSA) is 61.2 Å². The summed E-state index contributed by atoms with van der Waals surface area (Å²) in [5.41, 5.74) is -1.21. The molecule has 98 valence electrons. The minimum absolute atomic E-state index is 0.0337. The van der Waals surface area contributed by atoms with Gasteiger partial charge in [0.05, 0.1) is 29.8 Å². The molecule has 0 saturated carbocycles. The smallest absolute Gasteiger partial charge is 0.303 e. The Balaban J connectivity index is 2.46. The van der Waals surface area contributed by atoms with Crippen molar-refractivity contribution < 1.29 is 22.8 Å². The number of amides is 1. The van der Waals surface area contributed by atoms with E-state index < -0.39 is 17.6 Å². The van der Waals surface area contributed by atoms with E-state index in [2.05, 4.69) is 0 Å². The number of Topliss-reactive ketones (excluding diaryl/α,β-unsaturated/α-hetero) is 1. The van der Waals surface area contributed by atoms with Gasteiger partial charge in [0.2, 0.25) is 5.91 Å². The molecule has 1 aromatic carbocycles. The molecule has 0 unspecified atom stereocenters. The van der Waals surface area contributed by atoms with Gasteiger partial charge >= 0.3 is 6.18 Å². The van der Waals surface area contributed by atoms with E-state index >= 15 is 0 Å². The fraction of sp³-hybridized carbons (Fsp3) is 0.250. The second kappa shape index (κ2) is 4.39. The van der Waals surface area contributed by atoms with Crippen LogP contribution in [0.5, 0.6) is 0 Å². The first-order valence-electron chi connectivity index (χ1n) is 5.26. The van der Waals surface area contributed by atoms with Gasteiger partial charge in [-0.2, -0.15) is 18.4 Å². The maximum atomic E-state index is 12.5. The van der Waals surface area contributed by atoms with Crippen molar-refractivity contribution in [3.63, 3.8) is 0 Å². The predicted molar refractivity (Wildman–Crippen MR) is 58.1 cm³/mol. The molecular formula is C12H7F3N2O2. The standard InChI is InChI=1S/C12H7F3N2O2/c13-12(14,15)8-1-2-10(7(3-8)5-16)17-6-9(18)4-11(17)19/h1-3H,4,6H2. The van der Waals surface area contributed by atoms with Crippen molar-refractivity contribution in [3.8, 4) is 6.07 Å². The highest BCUT2D eigenvalue weighted by Crippen LogP contribution is 2.33. The van der Waals surface area contributed by atoms with E-state index in [4.69, 9.17) is 5.26 Å². The van der Waals surface area contributed by atoms with E-state index in [1.54, 1.807) is 6.07 Å². The van der Waals surface area contributed by atoms with Gasteiger partial charge < -0.3 is 4.90 Å². The predicted octanol–water partition coefficient (Wildman–Crippen LogP) is 1.88. The van der Waals surface area contributed by atoms with Gasteiger partial charge in [-0.05, 0) is 18.2 Å². The van der Waals surface area contributed by atoms with Crippen LogP contribution in [0, 0.1) is 11.3 Å². The Hall–Kier alpha value is -2.36. The highest BCUT2D eigenvalue weighted by molar-refractivity contribution is 6.15. The minimum Gasteiger partial charge on any atom is -0.303 e. The molecule has 1 amide bonds. The van der Waals surface area contributed by atoms with Crippen LogP contribution in [0.2, 0.25) is 0 Å². The van der Waals surface area contributed by atoms with Crippen LogP contribution >= 0.6 is 0 Å². The Labute approximate surface area is 106 Å². The zero-order chi connectivity index (χ0) is 14.2. The number of hydrogen-bond donors (Lipinski definition) is 0. The number of benzene rings is 1. The second-order valence-corrected chi connectivity index (χ2v) is 4.04. The minimum atomic E-state index is -4.56. The molecule has 1 fully saturated rings. The molecule has 19 heavy (non-hydrogen) atoms. The number of carbonyl (C=O) groups excluding carboxylic acids is 2. The van der Waals surface area contributed by atoms with Crippen molar-refractivity contribution in [2.75, 3.05) is 11.4 Å². The molecule has 0 radical (unpaired) electrons. The summed E-state index contributed by atoms with van der Waals surface area (Å²) >= 11 is 0. The maximum Gasteiger partial charge on any atom is 0.416 e. The van der Waals surface area contributed by atoms with Crippen LogP contribution in [-0.2, 0) is 15.8 Å². The molecule has 0 aliphatic carbocycles. The molecule has 1 aliphatic rings. The summed E-state index contributed by atoms with van der Waals surface area (Å²) < 4.78 is 37.5. The molecule has 1 aromatic rings. The van der Waals surface area contributed by atoms with Crippen molar-refractivity contribution in [1.29, 1.82) is 5.26 Å². The number of nitrogens with zero attached hydrogens (tertiary/aromatic N) is 2. The molecule has 0 N–H and O–H groups in total.